The third kappa shape index (κ3) is 4.35. The number of amides is 1. The van der Waals surface area contributed by atoms with Gasteiger partial charge in [0.15, 0.2) is 0 Å². The van der Waals surface area contributed by atoms with E-state index in [4.69, 9.17) is 9.47 Å². The number of para-hydroxylation sites is 1. The molecule has 7 nitrogen and oxygen atoms in total. The average molecular weight is 443 g/mol. The van der Waals surface area contributed by atoms with Gasteiger partial charge in [-0.05, 0) is 43.7 Å². The molecule has 0 atom stereocenters. The average Bonchev–Trinajstić information content (AvgIpc) is 3.02. The van der Waals surface area contributed by atoms with Gasteiger partial charge in [0, 0.05) is 19.3 Å². The molecule has 1 N–H and O–H groups in total. The van der Waals surface area contributed by atoms with Gasteiger partial charge in [0.1, 0.15) is 16.5 Å². The Morgan fingerprint density at radius 3 is 2.29 bits per heavy atom. The van der Waals surface area contributed by atoms with Crippen molar-refractivity contribution in [2.24, 2.45) is 0 Å². The second kappa shape index (κ2) is 9.36. The maximum Gasteiger partial charge on any atom is 0.260 e. The van der Waals surface area contributed by atoms with E-state index in [0.717, 1.165) is 5.69 Å². The highest BCUT2D eigenvalue weighted by Gasteiger charge is 2.31. The third-order valence-corrected chi connectivity index (χ3v) is 7.13. The molecule has 164 valence electrons. The van der Waals surface area contributed by atoms with Gasteiger partial charge in [0.2, 0.25) is 9.84 Å². The molecule has 1 amide bonds. The summed E-state index contributed by atoms with van der Waals surface area (Å²) in [7, 11) is -0.829. The normalized spacial score (nSPS) is 11.4. The number of aromatic nitrogens is 1. The Kier molecular flexibility index (Phi) is 6.82. The van der Waals surface area contributed by atoms with E-state index >= 15 is 0 Å². The fraction of sp³-hybridized carbons (Fsp3) is 0.261. The van der Waals surface area contributed by atoms with Crippen molar-refractivity contribution in [2.75, 3.05) is 26.1 Å². The predicted octanol–water partition coefficient (Wildman–Crippen LogP) is 3.85. The molecule has 0 unspecified atom stereocenters. The van der Waals surface area contributed by atoms with Crippen LogP contribution >= 0.6 is 0 Å². The van der Waals surface area contributed by atoms with Crippen molar-refractivity contribution >= 4 is 21.6 Å². The Balaban J connectivity index is 2.17. The molecule has 3 rings (SSSR count). The van der Waals surface area contributed by atoms with Gasteiger partial charge in [-0.3, -0.25) is 4.79 Å². The smallest absolute Gasteiger partial charge is 0.260 e. The molecule has 0 saturated carbocycles. The van der Waals surface area contributed by atoms with Crippen LogP contribution in [0.4, 0.5) is 5.82 Å². The van der Waals surface area contributed by atoms with Crippen LogP contribution in [0.3, 0.4) is 0 Å². The number of hydrogen-bond donors (Lipinski definition) is 1. The molecule has 0 aliphatic carbocycles. The molecule has 3 aromatic rings. The van der Waals surface area contributed by atoms with Gasteiger partial charge in [-0.1, -0.05) is 30.3 Å². The van der Waals surface area contributed by atoms with Gasteiger partial charge in [0.25, 0.3) is 5.91 Å². The number of nitrogens with zero attached hydrogens (tertiary/aromatic N) is 1. The van der Waals surface area contributed by atoms with Crippen LogP contribution in [0.2, 0.25) is 0 Å². The van der Waals surface area contributed by atoms with Crippen LogP contribution in [0.25, 0.3) is 0 Å². The number of hydrogen-bond acceptors (Lipinski definition) is 5. The zero-order valence-corrected chi connectivity index (χ0v) is 18.8. The quantitative estimate of drug-likeness (QED) is 0.573. The largest absolute Gasteiger partial charge is 0.496 e. The molecule has 8 heteroatoms. The maximum absolute atomic E-state index is 13.5. The summed E-state index contributed by atoms with van der Waals surface area (Å²) < 4.78 is 39.3. The first-order valence-corrected chi connectivity index (χ1v) is 11.2. The first-order chi connectivity index (χ1) is 14.8. The van der Waals surface area contributed by atoms with E-state index in [1.807, 2.05) is 6.92 Å². The monoisotopic (exact) mass is 442 g/mol. The summed E-state index contributed by atoms with van der Waals surface area (Å²) >= 11 is 0. The number of ether oxygens (including phenoxy) is 2. The molecule has 1 heterocycles. The lowest BCUT2D eigenvalue weighted by Crippen LogP contribution is -2.19. The van der Waals surface area contributed by atoms with E-state index in [-0.39, 0.29) is 15.6 Å². The number of carbonyl (C=O) groups excluding carboxylic acids is 1. The van der Waals surface area contributed by atoms with Crippen LogP contribution in [0.1, 0.15) is 21.6 Å². The minimum atomic E-state index is -3.88. The molecule has 0 saturated heterocycles. The van der Waals surface area contributed by atoms with Crippen LogP contribution in [0.15, 0.2) is 64.4 Å². The van der Waals surface area contributed by atoms with Gasteiger partial charge in [-0.2, -0.15) is 0 Å². The van der Waals surface area contributed by atoms with E-state index in [1.165, 1.54) is 7.11 Å². The standard InChI is InChI=1S/C23H26N2O5S/c1-16-17(2)25(14-15-29-3)22(21(16)31(27,28)18-10-6-5-7-11-18)24-23(26)19-12-8-9-13-20(19)30-4/h5-13H,14-15H2,1-4H3,(H,24,26). The number of carbonyl (C=O) groups is 1. The Morgan fingerprint density at radius 2 is 1.65 bits per heavy atom. The van der Waals surface area contributed by atoms with Crippen LogP contribution in [-0.2, 0) is 21.1 Å². The van der Waals surface area contributed by atoms with Crippen molar-refractivity contribution in [3.05, 3.63) is 71.4 Å². The first kappa shape index (κ1) is 22.6. The second-order valence-electron chi connectivity index (χ2n) is 7.00. The topological polar surface area (TPSA) is 86.6 Å². The minimum Gasteiger partial charge on any atom is -0.496 e. The molecule has 0 aliphatic rings. The molecular formula is C23H26N2O5S. The summed E-state index contributed by atoms with van der Waals surface area (Å²) in [4.78, 5) is 13.4. The molecule has 0 fully saturated rings. The minimum absolute atomic E-state index is 0.0792. The van der Waals surface area contributed by atoms with Gasteiger partial charge < -0.3 is 19.4 Å². The van der Waals surface area contributed by atoms with Crippen molar-refractivity contribution in [1.29, 1.82) is 0 Å². The summed E-state index contributed by atoms with van der Waals surface area (Å²) in [5, 5.41) is 2.83. The molecular weight excluding hydrogens is 416 g/mol. The van der Waals surface area contributed by atoms with E-state index in [9.17, 15) is 13.2 Å². The summed E-state index contributed by atoms with van der Waals surface area (Å²) in [5.74, 6) is 0.154. The Hall–Kier alpha value is -3.10. The van der Waals surface area contributed by atoms with Gasteiger partial charge in [-0.15, -0.1) is 0 Å². The summed E-state index contributed by atoms with van der Waals surface area (Å²) in [6.45, 7) is 4.31. The summed E-state index contributed by atoms with van der Waals surface area (Å²) in [6.07, 6.45) is 0. The van der Waals surface area contributed by atoms with Gasteiger partial charge >= 0.3 is 0 Å². The molecule has 2 aromatic carbocycles. The van der Waals surface area contributed by atoms with Crippen LogP contribution in [-0.4, -0.2) is 39.7 Å². The number of benzene rings is 2. The van der Waals surface area contributed by atoms with Crippen LogP contribution in [0.5, 0.6) is 5.75 Å². The highest BCUT2D eigenvalue weighted by molar-refractivity contribution is 7.91. The summed E-state index contributed by atoms with van der Waals surface area (Å²) in [6, 6.07) is 15.0. The highest BCUT2D eigenvalue weighted by Crippen LogP contribution is 2.36. The molecule has 0 bridgehead atoms. The van der Waals surface area contributed by atoms with Crippen LogP contribution in [0, 0.1) is 13.8 Å². The molecule has 0 radical (unpaired) electrons. The maximum atomic E-state index is 13.5. The third-order valence-electron chi connectivity index (χ3n) is 5.20. The lowest BCUT2D eigenvalue weighted by Gasteiger charge is -2.15. The fourth-order valence-corrected chi connectivity index (χ4v) is 5.19. The number of sulfone groups is 1. The molecule has 1 aromatic heterocycles. The van der Waals surface area contributed by atoms with Crippen molar-refractivity contribution in [2.45, 2.75) is 30.2 Å². The van der Waals surface area contributed by atoms with Crippen LogP contribution < -0.4 is 10.1 Å². The van der Waals surface area contributed by atoms with E-state index in [1.54, 1.807) is 73.2 Å². The van der Waals surface area contributed by atoms with Gasteiger partial charge in [0.05, 0.1) is 24.2 Å². The Labute approximate surface area is 182 Å². The lowest BCUT2D eigenvalue weighted by atomic mass is 10.2. The zero-order valence-electron chi connectivity index (χ0n) is 18.0. The van der Waals surface area contributed by atoms with E-state index in [2.05, 4.69) is 5.32 Å². The molecule has 31 heavy (non-hydrogen) atoms. The second-order valence-corrected chi connectivity index (χ2v) is 8.89. The highest BCUT2D eigenvalue weighted by atomic mass is 32.2. The van der Waals surface area contributed by atoms with Crippen molar-refractivity contribution in [3.8, 4) is 5.75 Å². The number of nitrogens with one attached hydrogen (secondary N) is 1. The number of anilines is 1. The van der Waals surface area contributed by atoms with Crippen molar-refractivity contribution in [3.63, 3.8) is 0 Å². The van der Waals surface area contributed by atoms with E-state index < -0.39 is 15.7 Å². The van der Waals surface area contributed by atoms with E-state index in [0.29, 0.717) is 30.0 Å². The molecule has 0 aliphatic heterocycles. The Morgan fingerprint density at radius 1 is 1.00 bits per heavy atom. The van der Waals surface area contributed by atoms with Crippen molar-refractivity contribution in [1.82, 2.24) is 4.57 Å². The molecule has 0 spiro atoms. The first-order valence-electron chi connectivity index (χ1n) is 9.76. The lowest BCUT2D eigenvalue weighted by molar-refractivity contribution is 0.102. The fourth-order valence-electron chi connectivity index (χ4n) is 3.47. The SMILES string of the molecule is COCCn1c(C)c(C)c(S(=O)(=O)c2ccccc2)c1NC(=O)c1ccccc1OC. The zero-order chi connectivity index (χ0) is 22.6. The summed E-state index contributed by atoms with van der Waals surface area (Å²) in [5.41, 5.74) is 1.63. The van der Waals surface area contributed by atoms with Gasteiger partial charge in [-0.25, -0.2) is 8.42 Å². The van der Waals surface area contributed by atoms with Crippen molar-refractivity contribution < 1.29 is 22.7 Å². The number of methoxy groups -OCH3 is 2. The predicted molar refractivity (Wildman–Crippen MR) is 119 cm³/mol. The number of rotatable bonds is 8. The Bertz CT molecular complexity index is 1180.